The fourth-order valence-electron chi connectivity index (χ4n) is 2.95. The fourth-order valence-corrected chi connectivity index (χ4v) is 2.95. The van der Waals surface area contributed by atoms with Crippen molar-refractivity contribution in [1.82, 2.24) is 20.6 Å². The lowest BCUT2D eigenvalue weighted by Crippen LogP contribution is -2.30. The second-order valence-corrected chi connectivity index (χ2v) is 5.93. The summed E-state index contributed by atoms with van der Waals surface area (Å²) in [5.41, 5.74) is 2.13. The molecule has 3 unspecified atom stereocenters. The van der Waals surface area contributed by atoms with E-state index < -0.39 is 0 Å². The first-order valence-corrected chi connectivity index (χ1v) is 7.33. The number of hydrogen-bond donors (Lipinski definition) is 2. The zero-order valence-corrected chi connectivity index (χ0v) is 12.0. The molecule has 2 N–H and O–H groups in total. The van der Waals surface area contributed by atoms with Crippen molar-refractivity contribution in [3.8, 4) is 11.4 Å². The quantitative estimate of drug-likeness (QED) is 0.900. The van der Waals surface area contributed by atoms with Crippen molar-refractivity contribution in [2.45, 2.75) is 39.2 Å². The topological polar surface area (TPSA) is 66.5 Å². The van der Waals surface area contributed by atoms with E-state index in [2.05, 4.69) is 51.9 Å². The van der Waals surface area contributed by atoms with Gasteiger partial charge in [0.05, 0.1) is 0 Å². The summed E-state index contributed by atoms with van der Waals surface area (Å²) in [6.45, 7) is 4.71. The predicted octanol–water partition coefficient (Wildman–Crippen LogP) is 3.10. The number of benzene rings is 1. The predicted molar refractivity (Wildman–Crippen MR) is 79.2 cm³/mol. The second-order valence-electron chi connectivity index (χ2n) is 5.93. The molecule has 3 atom stereocenters. The smallest absolute Gasteiger partial charge is 0.204 e. The number of nitrogens with one attached hydrogen (secondary N) is 2. The minimum atomic E-state index is 0.571. The lowest BCUT2D eigenvalue weighted by Gasteiger charge is -2.33. The zero-order chi connectivity index (χ0) is 13.9. The van der Waals surface area contributed by atoms with Crippen LogP contribution in [0.25, 0.3) is 11.4 Å². The van der Waals surface area contributed by atoms with Gasteiger partial charge in [-0.15, -0.1) is 10.2 Å². The number of anilines is 1. The molecular formula is C15H21N5. The third-order valence-electron chi connectivity index (χ3n) is 4.44. The first-order valence-electron chi connectivity index (χ1n) is 7.33. The van der Waals surface area contributed by atoms with Crippen LogP contribution in [0.3, 0.4) is 0 Å². The van der Waals surface area contributed by atoms with E-state index in [-0.39, 0.29) is 0 Å². The lowest BCUT2D eigenvalue weighted by molar-refractivity contribution is 0.261. The molecule has 1 aliphatic rings. The number of aromatic nitrogens is 4. The van der Waals surface area contributed by atoms with Gasteiger partial charge in [-0.1, -0.05) is 26.0 Å². The molecule has 0 spiro atoms. The maximum Gasteiger partial charge on any atom is 0.204 e. The molecule has 1 aromatic carbocycles. The lowest BCUT2D eigenvalue weighted by atomic mass is 9.79. The molecule has 1 heterocycles. The average molecular weight is 271 g/mol. The van der Waals surface area contributed by atoms with Gasteiger partial charge in [-0.2, -0.15) is 5.21 Å². The number of nitrogens with zero attached hydrogens (tertiary/aromatic N) is 3. The van der Waals surface area contributed by atoms with E-state index >= 15 is 0 Å². The number of aromatic amines is 1. The Kier molecular flexibility index (Phi) is 3.67. The molecule has 0 saturated heterocycles. The van der Waals surface area contributed by atoms with Crippen molar-refractivity contribution in [2.75, 3.05) is 5.32 Å². The molecule has 0 radical (unpaired) electrons. The molecule has 106 valence electrons. The normalized spacial score (nSPS) is 26.4. The highest BCUT2D eigenvalue weighted by atomic mass is 15.5. The van der Waals surface area contributed by atoms with Crippen LogP contribution in [-0.4, -0.2) is 26.7 Å². The highest BCUT2D eigenvalue weighted by Gasteiger charge is 2.24. The molecule has 1 saturated carbocycles. The number of hydrogen-bond acceptors (Lipinski definition) is 4. The Morgan fingerprint density at radius 3 is 2.85 bits per heavy atom. The van der Waals surface area contributed by atoms with Crippen molar-refractivity contribution < 1.29 is 0 Å². The zero-order valence-electron chi connectivity index (χ0n) is 12.0. The Morgan fingerprint density at radius 1 is 1.20 bits per heavy atom. The Labute approximate surface area is 119 Å². The molecule has 0 aliphatic heterocycles. The number of rotatable bonds is 3. The fraction of sp³-hybridized carbons (Fsp3) is 0.533. The van der Waals surface area contributed by atoms with Gasteiger partial charge in [-0.3, -0.25) is 0 Å². The van der Waals surface area contributed by atoms with Crippen molar-refractivity contribution in [1.29, 1.82) is 0 Å². The standard InChI is InChI=1S/C15H21N5/c1-10-6-7-14(8-11(10)2)16-13-5-3-4-12(9-13)15-17-19-20-18-15/h3-5,9-11,14,16H,6-8H2,1-2H3,(H,17,18,19,20). The van der Waals surface area contributed by atoms with Gasteiger partial charge in [0.2, 0.25) is 5.82 Å². The molecule has 1 aliphatic carbocycles. The van der Waals surface area contributed by atoms with E-state index in [4.69, 9.17) is 0 Å². The molecule has 20 heavy (non-hydrogen) atoms. The van der Waals surface area contributed by atoms with E-state index in [9.17, 15) is 0 Å². The summed E-state index contributed by atoms with van der Waals surface area (Å²) in [4.78, 5) is 0. The maximum atomic E-state index is 4.02. The van der Waals surface area contributed by atoms with Crippen LogP contribution in [0.2, 0.25) is 0 Å². The largest absolute Gasteiger partial charge is 0.382 e. The molecule has 3 rings (SSSR count). The van der Waals surface area contributed by atoms with Crippen LogP contribution in [-0.2, 0) is 0 Å². The van der Waals surface area contributed by atoms with Crippen LogP contribution in [0.15, 0.2) is 24.3 Å². The van der Waals surface area contributed by atoms with Gasteiger partial charge in [0.15, 0.2) is 0 Å². The first-order chi connectivity index (χ1) is 9.72. The van der Waals surface area contributed by atoms with Gasteiger partial charge >= 0.3 is 0 Å². The van der Waals surface area contributed by atoms with Gasteiger partial charge in [-0.05, 0) is 48.4 Å². The van der Waals surface area contributed by atoms with E-state index in [1.807, 2.05) is 12.1 Å². The Bertz CT molecular complexity index is 551. The molecule has 5 nitrogen and oxygen atoms in total. The number of H-pyrrole nitrogens is 1. The molecule has 5 heteroatoms. The molecule has 2 aromatic rings. The maximum absolute atomic E-state index is 4.02. The van der Waals surface area contributed by atoms with Crippen molar-refractivity contribution in [2.24, 2.45) is 11.8 Å². The first kappa shape index (κ1) is 13.1. The van der Waals surface area contributed by atoms with Crippen LogP contribution in [0.1, 0.15) is 33.1 Å². The Hall–Kier alpha value is -1.91. The van der Waals surface area contributed by atoms with Crippen LogP contribution in [0, 0.1) is 11.8 Å². The van der Waals surface area contributed by atoms with Gasteiger partial charge in [-0.25, -0.2) is 0 Å². The van der Waals surface area contributed by atoms with Gasteiger partial charge < -0.3 is 5.32 Å². The highest BCUT2D eigenvalue weighted by molar-refractivity contribution is 5.61. The van der Waals surface area contributed by atoms with Crippen LogP contribution < -0.4 is 5.32 Å². The monoisotopic (exact) mass is 271 g/mol. The third-order valence-corrected chi connectivity index (χ3v) is 4.44. The molecular weight excluding hydrogens is 250 g/mol. The Balaban J connectivity index is 1.70. The third kappa shape index (κ3) is 2.81. The van der Waals surface area contributed by atoms with Crippen molar-refractivity contribution >= 4 is 5.69 Å². The van der Waals surface area contributed by atoms with Gasteiger partial charge in [0.1, 0.15) is 0 Å². The summed E-state index contributed by atoms with van der Waals surface area (Å²) in [5.74, 6) is 2.28. The Morgan fingerprint density at radius 2 is 2.10 bits per heavy atom. The number of tetrazole rings is 1. The van der Waals surface area contributed by atoms with Crippen molar-refractivity contribution in [3.05, 3.63) is 24.3 Å². The van der Waals surface area contributed by atoms with Crippen LogP contribution in [0.4, 0.5) is 5.69 Å². The minimum Gasteiger partial charge on any atom is -0.382 e. The summed E-state index contributed by atoms with van der Waals surface area (Å²) >= 11 is 0. The van der Waals surface area contributed by atoms with E-state index in [1.165, 1.54) is 19.3 Å². The van der Waals surface area contributed by atoms with E-state index in [0.717, 1.165) is 23.1 Å². The molecule has 0 amide bonds. The summed E-state index contributed by atoms with van der Waals surface area (Å²) in [7, 11) is 0. The summed E-state index contributed by atoms with van der Waals surface area (Å²) in [6.07, 6.45) is 3.80. The van der Waals surface area contributed by atoms with Crippen LogP contribution in [0.5, 0.6) is 0 Å². The van der Waals surface area contributed by atoms with Gasteiger partial charge in [0.25, 0.3) is 0 Å². The molecule has 1 fully saturated rings. The van der Waals surface area contributed by atoms with Gasteiger partial charge in [0, 0.05) is 17.3 Å². The average Bonchev–Trinajstić information content (AvgIpc) is 2.97. The molecule has 0 bridgehead atoms. The SMILES string of the molecule is CC1CCC(Nc2cccc(-c3nn[nH]n3)c2)CC1C. The molecule has 1 aromatic heterocycles. The second kappa shape index (κ2) is 5.61. The summed E-state index contributed by atoms with van der Waals surface area (Å²) in [6, 6.07) is 8.80. The minimum absolute atomic E-state index is 0.571. The summed E-state index contributed by atoms with van der Waals surface area (Å²) in [5, 5.41) is 17.8. The highest BCUT2D eigenvalue weighted by Crippen LogP contribution is 2.31. The summed E-state index contributed by atoms with van der Waals surface area (Å²) < 4.78 is 0. The van der Waals surface area contributed by atoms with E-state index in [1.54, 1.807) is 0 Å². The van der Waals surface area contributed by atoms with E-state index in [0.29, 0.717) is 11.9 Å². The van der Waals surface area contributed by atoms with Crippen molar-refractivity contribution in [3.63, 3.8) is 0 Å². The van der Waals surface area contributed by atoms with Crippen LogP contribution >= 0.6 is 0 Å².